The minimum absolute atomic E-state index is 0.518. The molecule has 2 heterocycles. The van der Waals surface area contributed by atoms with Crippen LogP contribution in [0.4, 0.5) is 0 Å². The lowest BCUT2D eigenvalue weighted by Crippen LogP contribution is -2.28. The van der Waals surface area contributed by atoms with E-state index in [2.05, 4.69) is 45.2 Å². The molecule has 1 spiro atoms. The molecular weight excluding hydrogens is 368 g/mol. The summed E-state index contributed by atoms with van der Waals surface area (Å²) in [6.07, 6.45) is 3.63. The van der Waals surface area contributed by atoms with Crippen LogP contribution in [0.5, 0.6) is 11.5 Å². The Morgan fingerprint density at radius 3 is 2.83 bits per heavy atom. The van der Waals surface area contributed by atoms with Crippen LogP contribution in [0.2, 0.25) is 0 Å². The lowest BCUT2D eigenvalue weighted by molar-refractivity contribution is 0.264. The summed E-state index contributed by atoms with van der Waals surface area (Å²) in [5.74, 6) is 1.69. The van der Waals surface area contributed by atoms with Crippen LogP contribution in [-0.2, 0) is 6.54 Å². The molecule has 2 aliphatic rings. The standard InChI is InChI=1S/C19H29BrN2O2/c1-3-9-24-18-16(20)10-15(11-17(18)23-4-2)12-22-8-6-19(14-22)5-7-21-13-19/h10-11,21H,3-9,12-14H2,1-2H3. The lowest BCUT2D eigenvalue weighted by atomic mass is 9.86. The topological polar surface area (TPSA) is 33.7 Å². The van der Waals surface area contributed by atoms with Gasteiger partial charge in [-0.2, -0.15) is 0 Å². The molecule has 0 aliphatic carbocycles. The van der Waals surface area contributed by atoms with Crippen LogP contribution in [0.25, 0.3) is 0 Å². The molecule has 2 saturated heterocycles. The van der Waals surface area contributed by atoms with E-state index in [1.165, 1.54) is 44.6 Å². The number of ether oxygens (including phenoxy) is 2. The van der Waals surface area contributed by atoms with Crippen LogP contribution in [0.3, 0.4) is 0 Å². The van der Waals surface area contributed by atoms with E-state index < -0.39 is 0 Å². The molecule has 3 rings (SSSR count). The highest BCUT2D eigenvalue weighted by Crippen LogP contribution is 2.39. The first-order valence-corrected chi connectivity index (χ1v) is 9.96. The van der Waals surface area contributed by atoms with E-state index in [0.29, 0.717) is 18.6 Å². The molecule has 24 heavy (non-hydrogen) atoms. The van der Waals surface area contributed by atoms with Gasteiger partial charge in [0.1, 0.15) is 0 Å². The van der Waals surface area contributed by atoms with Crippen molar-refractivity contribution in [1.82, 2.24) is 10.2 Å². The molecule has 1 atom stereocenters. The van der Waals surface area contributed by atoms with Crippen molar-refractivity contribution >= 4 is 15.9 Å². The van der Waals surface area contributed by atoms with Gasteiger partial charge in [-0.1, -0.05) is 6.92 Å². The first-order chi connectivity index (χ1) is 11.7. The lowest BCUT2D eigenvalue weighted by Gasteiger charge is -2.23. The largest absolute Gasteiger partial charge is 0.490 e. The van der Waals surface area contributed by atoms with Crippen molar-refractivity contribution in [3.8, 4) is 11.5 Å². The molecule has 0 amide bonds. The van der Waals surface area contributed by atoms with Crippen LogP contribution in [0, 0.1) is 5.41 Å². The van der Waals surface area contributed by atoms with Crippen molar-refractivity contribution in [1.29, 1.82) is 0 Å². The number of hydrogen-bond donors (Lipinski definition) is 1. The van der Waals surface area contributed by atoms with Gasteiger partial charge in [0.25, 0.3) is 0 Å². The number of nitrogens with zero attached hydrogens (tertiary/aromatic N) is 1. The third kappa shape index (κ3) is 4.06. The molecule has 1 aromatic rings. The number of likely N-dealkylation sites (tertiary alicyclic amines) is 1. The van der Waals surface area contributed by atoms with E-state index in [4.69, 9.17) is 9.47 Å². The summed E-state index contributed by atoms with van der Waals surface area (Å²) in [6, 6.07) is 4.34. The van der Waals surface area contributed by atoms with Gasteiger partial charge in [0.05, 0.1) is 17.7 Å². The SMILES string of the molecule is CCCOc1c(Br)cc(CN2CCC3(CCNC3)C2)cc1OCC. The maximum atomic E-state index is 5.88. The Labute approximate surface area is 154 Å². The van der Waals surface area contributed by atoms with Gasteiger partial charge in [-0.05, 0) is 78.3 Å². The second kappa shape index (κ2) is 8.07. The van der Waals surface area contributed by atoms with E-state index >= 15 is 0 Å². The third-order valence-electron chi connectivity index (χ3n) is 5.08. The van der Waals surface area contributed by atoms with Crippen LogP contribution >= 0.6 is 15.9 Å². The molecule has 5 heteroatoms. The summed E-state index contributed by atoms with van der Waals surface area (Å²) < 4.78 is 12.7. The number of hydrogen-bond acceptors (Lipinski definition) is 4. The minimum Gasteiger partial charge on any atom is -0.490 e. The number of nitrogens with one attached hydrogen (secondary N) is 1. The van der Waals surface area contributed by atoms with Crippen molar-refractivity contribution in [3.05, 3.63) is 22.2 Å². The van der Waals surface area contributed by atoms with Gasteiger partial charge < -0.3 is 14.8 Å². The monoisotopic (exact) mass is 396 g/mol. The Morgan fingerprint density at radius 1 is 1.25 bits per heavy atom. The molecule has 1 unspecified atom stereocenters. The van der Waals surface area contributed by atoms with E-state index in [1.54, 1.807) is 0 Å². The quantitative estimate of drug-likeness (QED) is 0.759. The molecule has 2 fully saturated rings. The second-order valence-electron chi connectivity index (χ2n) is 7.07. The van der Waals surface area contributed by atoms with Gasteiger partial charge in [-0.15, -0.1) is 0 Å². The first kappa shape index (κ1) is 18.0. The predicted octanol–water partition coefficient (Wildman–Crippen LogP) is 3.82. The Bertz CT molecular complexity index is 559. The summed E-state index contributed by atoms with van der Waals surface area (Å²) >= 11 is 3.67. The van der Waals surface area contributed by atoms with Crippen molar-refractivity contribution in [2.45, 2.75) is 39.7 Å². The van der Waals surface area contributed by atoms with Gasteiger partial charge in [0.2, 0.25) is 0 Å². The average Bonchev–Trinajstić information content (AvgIpc) is 3.17. The number of halogens is 1. The first-order valence-electron chi connectivity index (χ1n) is 9.17. The highest BCUT2D eigenvalue weighted by Gasteiger charge is 2.40. The van der Waals surface area contributed by atoms with Crippen molar-refractivity contribution in [2.24, 2.45) is 5.41 Å². The van der Waals surface area contributed by atoms with Gasteiger partial charge in [0.15, 0.2) is 11.5 Å². The summed E-state index contributed by atoms with van der Waals surface area (Å²) in [5, 5.41) is 3.53. The fourth-order valence-corrected chi connectivity index (χ4v) is 4.49. The fourth-order valence-electron chi connectivity index (χ4n) is 3.88. The molecule has 2 aliphatic heterocycles. The Hall–Kier alpha value is -0.780. The van der Waals surface area contributed by atoms with E-state index in [-0.39, 0.29) is 0 Å². The zero-order valence-corrected chi connectivity index (χ0v) is 16.5. The highest BCUT2D eigenvalue weighted by atomic mass is 79.9. The number of rotatable bonds is 7. The normalized spacial score (nSPS) is 24.0. The van der Waals surface area contributed by atoms with Crippen LogP contribution < -0.4 is 14.8 Å². The Kier molecular flexibility index (Phi) is 6.06. The average molecular weight is 397 g/mol. The summed E-state index contributed by atoms with van der Waals surface area (Å²) in [7, 11) is 0. The van der Waals surface area contributed by atoms with Crippen LogP contribution in [-0.4, -0.2) is 44.3 Å². The van der Waals surface area contributed by atoms with E-state index in [9.17, 15) is 0 Å². The summed E-state index contributed by atoms with van der Waals surface area (Å²) in [5.41, 5.74) is 1.81. The molecule has 0 radical (unpaired) electrons. The molecule has 1 aromatic carbocycles. The Balaban J connectivity index is 1.71. The molecule has 1 N–H and O–H groups in total. The summed E-state index contributed by atoms with van der Waals surface area (Å²) in [6.45, 7) is 11.2. The molecule has 134 valence electrons. The summed E-state index contributed by atoms with van der Waals surface area (Å²) in [4.78, 5) is 2.58. The minimum atomic E-state index is 0.518. The predicted molar refractivity (Wildman–Crippen MR) is 101 cm³/mol. The maximum absolute atomic E-state index is 5.88. The van der Waals surface area contributed by atoms with Gasteiger partial charge in [-0.25, -0.2) is 0 Å². The maximum Gasteiger partial charge on any atom is 0.175 e. The zero-order chi connectivity index (χ0) is 17.0. The highest BCUT2D eigenvalue weighted by molar-refractivity contribution is 9.10. The van der Waals surface area contributed by atoms with E-state index in [0.717, 1.165) is 28.9 Å². The van der Waals surface area contributed by atoms with Gasteiger partial charge in [-0.3, -0.25) is 4.90 Å². The van der Waals surface area contributed by atoms with Gasteiger partial charge >= 0.3 is 0 Å². The number of benzene rings is 1. The van der Waals surface area contributed by atoms with Crippen LogP contribution in [0.1, 0.15) is 38.7 Å². The van der Waals surface area contributed by atoms with Crippen molar-refractivity contribution in [2.75, 3.05) is 39.4 Å². The molecular formula is C19H29BrN2O2. The fraction of sp³-hybridized carbons (Fsp3) is 0.684. The smallest absolute Gasteiger partial charge is 0.175 e. The van der Waals surface area contributed by atoms with Crippen molar-refractivity contribution < 1.29 is 9.47 Å². The molecule has 0 bridgehead atoms. The van der Waals surface area contributed by atoms with E-state index in [1.807, 2.05) is 6.92 Å². The van der Waals surface area contributed by atoms with Crippen LogP contribution in [0.15, 0.2) is 16.6 Å². The molecule has 0 aromatic heterocycles. The molecule has 4 nitrogen and oxygen atoms in total. The second-order valence-corrected chi connectivity index (χ2v) is 7.93. The van der Waals surface area contributed by atoms with Gasteiger partial charge in [0, 0.05) is 19.6 Å². The van der Waals surface area contributed by atoms with Crippen molar-refractivity contribution in [3.63, 3.8) is 0 Å². The Morgan fingerprint density at radius 2 is 2.12 bits per heavy atom. The third-order valence-corrected chi connectivity index (χ3v) is 5.66. The molecule has 0 saturated carbocycles. The zero-order valence-electron chi connectivity index (χ0n) is 14.9.